The number of piperidine rings is 1. The van der Waals surface area contributed by atoms with Gasteiger partial charge in [-0.15, -0.1) is 0 Å². The van der Waals surface area contributed by atoms with Crippen molar-refractivity contribution >= 4 is 5.97 Å². The lowest BCUT2D eigenvalue weighted by Crippen LogP contribution is -2.63. The van der Waals surface area contributed by atoms with E-state index >= 15 is 0 Å². The minimum atomic E-state index is -0.211. The summed E-state index contributed by atoms with van der Waals surface area (Å²) in [6, 6.07) is 0.656. The van der Waals surface area contributed by atoms with E-state index in [0.717, 1.165) is 56.6 Å². The van der Waals surface area contributed by atoms with E-state index < -0.39 is 0 Å². The van der Waals surface area contributed by atoms with Crippen LogP contribution in [0.5, 0.6) is 0 Å². The Kier molecular flexibility index (Phi) is 8.22. The first-order valence-corrected chi connectivity index (χ1v) is 16.9. The van der Waals surface area contributed by atoms with Crippen molar-refractivity contribution in [3.8, 4) is 0 Å². The zero-order valence-electron chi connectivity index (χ0n) is 25.7. The van der Waals surface area contributed by atoms with E-state index in [2.05, 4.69) is 31.4 Å². The fourth-order valence-corrected chi connectivity index (χ4v) is 11.5. The maximum absolute atomic E-state index is 12.9. The Balaban J connectivity index is 1.31. The molecule has 2 aliphatic heterocycles. The molecule has 0 spiro atoms. The molecule has 0 bridgehead atoms. The van der Waals surface area contributed by atoms with Gasteiger partial charge in [-0.25, -0.2) is 0 Å². The molecule has 3 unspecified atom stereocenters. The molecule has 226 valence electrons. The summed E-state index contributed by atoms with van der Waals surface area (Å²) in [4.78, 5) is 15.5. The highest BCUT2D eigenvalue weighted by Crippen LogP contribution is 2.67. The van der Waals surface area contributed by atoms with Gasteiger partial charge in [0, 0.05) is 37.4 Å². The van der Waals surface area contributed by atoms with Gasteiger partial charge in [-0.05, 0) is 93.0 Å². The normalized spacial score (nSPS) is 47.0. The maximum Gasteiger partial charge on any atom is 0.306 e. The van der Waals surface area contributed by atoms with Crippen LogP contribution in [0.1, 0.15) is 91.4 Å². The molecule has 0 aromatic carbocycles. The second-order valence-corrected chi connectivity index (χ2v) is 15.2. The summed E-state index contributed by atoms with van der Waals surface area (Å²) in [5, 5.41) is 11.3. The number of fused-ring (bicyclic) bond motifs is 5. The third-order valence-electron chi connectivity index (χ3n) is 13.6. The van der Waals surface area contributed by atoms with Crippen LogP contribution < -0.4 is 0 Å². The summed E-state index contributed by atoms with van der Waals surface area (Å²) < 4.78 is 13.3. The third kappa shape index (κ3) is 4.72. The van der Waals surface area contributed by atoms with E-state index in [0.29, 0.717) is 36.1 Å². The van der Waals surface area contributed by atoms with E-state index in [4.69, 9.17) is 9.47 Å². The number of aliphatic hydroxyl groups is 1. The van der Waals surface area contributed by atoms with Crippen LogP contribution in [0, 0.1) is 34.5 Å². The smallest absolute Gasteiger partial charge is 0.306 e. The van der Waals surface area contributed by atoms with Crippen molar-refractivity contribution in [2.24, 2.45) is 34.5 Å². The number of aliphatic hydroxyl groups excluding tert-OH is 1. The van der Waals surface area contributed by atoms with Crippen molar-refractivity contribution in [3.05, 3.63) is 12.7 Å². The molecule has 2 saturated heterocycles. The lowest BCUT2D eigenvalue weighted by molar-refractivity contribution is -0.952. The van der Waals surface area contributed by atoms with Crippen molar-refractivity contribution < 1.29 is 23.9 Å². The van der Waals surface area contributed by atoms with Gasteiger partial charge in [0.2, 0.25) is 0 Å². The largest absolute Gasteiger partial charge is 0.455 e. The zero-order chi connectivity index (χ0) is 28.1. The summed E-state index contributed by atoms with van der Waals surface area (Å²) in [6.07, 6.45) is 14.5. The number of carbonyl (C=O) groups is 1. The second kappa shape index (κ2) is 11.3. The molecule has 1 N–H and O–H groups in total. The van der Waals surface area contributed by atoms with Crippen LogP contribution in [0.4, 0.5) is 0 Å². The molecule has 0 radical (unpaired) electrons. The fraction of sp³-hybridized carbons (Fsp3) is 0.912. The number of nitrogens with zero attached hydrogens (tertiary/aromatic N) is 2. The molecule has 0 aromatic rings. The summed E-state index contributed by atoms with van der Waals surface area (Å²) in [7, 11) is 0. The molecular weight excluding hydrogens is 500 g/mol. The van der Waals surface area contributed by atoms with Crippen LogP contribution >= 0.6 is 0 Å². The molecule has 0 amide bonds. The second-order valence-electron chi connectivity index (χ2n) is 15.2. The Bertz CT molecular complexity index is 929. The average molecular weight is 558 g/mol. The molecule has 40 heavy (non-hydrogen) atoms. The summed E-state index contributed by atoms with van der Waals surface area (Å²) in [5.41, 5.74) is 0.333. The van der Waals surface area contributed by atoms with Crippen LogP contribution in [-0.2, 0) is 14.3 Å². The minimum Gasteiger partial charge on any atom is -0.455 e. The Hall–Kier alpha value is -0.950. The molecule has 6 aliphatic rings. The van der Waals surface area contributed by atoms with Crippen molar-refractivity contribution in [1.29, 1.82) is 0 Å². The molecule has 6 rings (SSSR count). The fourth-order valence-electron chi connectivity index (χ4n) is 11.5. The van der Waals surface area contributed by atoms with E-state index in [1.807, 2.05) is 6.92 Å². The number of likely N-dealkylation sites (tertiary alicyclic amines) is 1. The molecule has 6 fully saturated rings. The van der Waals surface area contributed by atoms with Crippen molar-refractivity contribution in [2.75, 3.05) is 45.9 Å². The molecular formula is C34H57N2O4+. The van der Waals surface area contributed by atoms with E-state index in [9.17, 15) is 9.90 Å². The number of esters is 1. The summed E-state index contributed by atoms with van der Waals surface area (Å²) in [6.45, 7) is 18.1. The molecule has 2 heterocycles. The Morgan fingerprint density at radius 3 is 2.52 bits per heavy atom. The number of ether oxygens (including phenoxy) is 2. The molecule has 6 nitrogen and oxygen atoms in total. The van der Waals surface area contributed by atoms with Gasteiger partial charge >= 0.3 is 5.97 Å². The zero-order valence-corrected chi connectivity index (χ0v) is 25.7. The first-order chi connectivity index (χ1) is 19.3. The summed E-state index contributed by atoms with van der Waals surface area (Å²) in [5.74, 6) is 2.62. The monoisotopic (exact) mass is 557 g/mol. The van der Waals surface area contributed by atoms with Crippen molar-refractivity contribution in [3.63, 3.8) is 0 Å². The Morgan fingerprint density at radius 2 is 1.82 bits per heavy atom. The molecule has 6 heteroatoms. The van der Waals surface area contributed by atoms with E-state index in [-0.39, 0.29) is 35.0 Å². The van der Waals surface area contributed by atoms with Crippen LogP contribution in [0.2, 0.25) is 0 Å². The first-order valence-electron chi connectivity index (χ1n) is 16.9. The van der Waals surface area contributed by atoms with Crippen molar-refractivity contribution in [2.45, 2.75) is 116 Å². The van der Waals surface area contributed by atoms with Gasteiger partial charge < -0.3 is 19.1 Å². The minimum absolute atomic E-state index is 0.0157. The molecule has 0 aromatic heterocycles. The number of morpholine rings is 1. The van der Waals surface area contributed by atoms with E-state index in [1.54, 1.807) is 0 Å². The summed E-state index contributed by atoms with van der Waals surface area (Å²) >= 11 is 0. The predicted octanol–water partition coefficient (Wildman–Crippen LogP) is 5.19. The quantitative estimate of drug-likeness (QED) is 0.277. The average Bonchev–Trinajstić information content (AvgIpc) is 3.26. The van der Waals surface area contributed by atoms with Gasteiger partial charge in [0.25, 0.3) is 0 Å². The van der Waals surface area contributed by atoms with Crippen LogP contribution in [0.15, 0.2) is 12.7 Å². The van der Waals surface area contributed by atoms with Crippen molar-refractivity contribution in [1.82, 2.24) is 4.90 Å². The van der Waals surface area contributed by atoms with Gasteiger partial charge in [-0.2, -0.15) is 0 Å². The standard InChI is InChI=1S/C34H57N2O4/c1-5-16-36(17-8-7-9-18-36)29-22-27-25-11-10-24-21-30(37)28(35-14-19-39-20-15-35)23-34(24,4)26(25)12-13-33(27,3)32(29)40-31(38)6-2/h5,24-30,32,37H,1,6-23H2,2-4H3/q+1/t24-,25?,26?,27?,28-,29-,30-,32-,33-,34-/m0/s1. The van der Waals surface area contributed by atoms with E-state index in [1.165, 1.54) is 58.0 Å². The lowest BCUT2D eigenvalue weighted by atomic mass is 9.44. The van der Waals surface area contributed by atoms with Gasteiger partial charge in [-0.3, -0.25) is 9.69 Å². The van der Waals surface area contributed by atoms with Crippen LogP contribution in [0.3, 0.4) is 0 Å². The number of hydrogen-bond donors (Lipinski definition) is 1. The van der Waals surface area contributed by atoms with Gasteiger partial charge in [0.05, 0.1) is 39.0 Å². The number of quaternary nitrogens is 1. The lowest BCUT2D eigenvalue weighted by Gasteiger charge is -2.62. The highest BCUT2D eigenvalue weighted by atomic mass is 16.5. The highest BCUT2D eigenvalue weighted by molar-refractivity contribution is 5.69. The van der Waals surface area contributed by atoms with Gasteiger partial charge in [-0.1, -0.05) is 27.4 Å². The van der Waals surface area contributed by atoms with Gasteiger partial charge in [0.15, 0.2) is 6.10 Å². The molecule has 4 aliphatic carbocycles. The Labute approximate surface area is 243 Å². The van der Waals surface area contributed by atoms with Crippen LogP contribution in [0.25, 0.3) is 0 Å². The molecule has 10 atom stereocenters. The number of carbonyl (C=O) groups excluding carboxylic acids is 1. The number of rotatable bonds is 6. The number of hydrogen-bond acceptors (Lipinski definition) is 5. The maximum atomic E-state index is 12.9. The highest BCUT2D eigenvalue weighted by Gasteiger charge is 2.67. The predicted molar refractivity (Wildman–Crippen MR) is 158 cm³/mol. The Morgan fingerprint density at radius 1 is 1.07 bits per heavy atom. The third-order valence-corrected chi connectivity index (χ3v) is 13.6. The van der Waals surface area contributed by atoms with Gasteiger partial charge in [0.1, 0.15) is 6.04 Å². The molecule has 4 saturated carbocycles. The SMILES string of the molecule is C=CC[N+]1([C@H]2CC3C4CC[C@H]5C[C@H](O)[C@@H](N6CCOCC6)C[C@]5(C)C4CC[C@]3(C)[C@H]2OC(=O)CC)CCCCC1. The first kappa shape index (κ1) is 29.1. The van der Waals surface area contributed by atoms with Crippen LogP contribution in [-0.4, -0.2) is 90.7 Å². The topological polar surface area (TPSA) is 59.0 Å².